The van der Waals surface area contributed by atoms with Crippen LogP contribution in [0, 0.1) is 5.92 Å². The Labute approximate surface area is 94.1 Å². The van der Waals surface area contributed by atoms with Gasteiger partial charge >= 0.3 is 6.03 Å². The fourth-order valence-corrected chi connectivity index (χ4v) is 1.30. The second kappa shape index (κ2) is 6.78. The van der Waals surface area contributed by atoms with Gasteiger partial charge in [0.1, 0.15) is 0 Å². The van der Waals surface area contributed by atoms with Gasteiger partial charge in [0.25, 0.3) is 0 Å². The van der Waals surface area contributed by atoms with Gasteiger partial charge in [0, 0.05) is 6.54 Å². The van der Waals surface area contributed by atoms with Crippen molar-refractivity contribution in [2.75, 3.05) is 19.6 Å². The van der Waals surface area contributed by atoms with Gasteiger partial charge in [0.2, 0.25) is 11.8 Å². The summed E-state index contributed by atoms with van der Waals surface area (Å²) in [6.07, 6.45) is 0. The minimum Gasteiger partial charge on any atom is -0.369 e. The van der Waals surface area contributed by atoms with E-state index >= 15 is 0 Å². The van der Waals surface area contributed by atoms with E-state index in [-0.39, 0.29) is 19.0 Å². The highest BCUT2D eigenvalue weighted by atomic mass is 16.2. The largest absolute Gasteiger partial charge is 0.369 e. The molecule has 0 rings (SSSR count). The molecule has 0 heterocycles. The van der Waals surface area contributed by atoms with Crippen molar-refractivity contribution >= 4 is 17.8 Å². The molecule has 0 aromatic carbocycles. The average Bonchev–Trinajstić information content (AvgIpc) is 1.97. The van der Waals surface area contributed by atoms with Gasteiger partial charge in [-0.25, -0.2) is 4.79 Å². The zero-order chi connectivity index (χ0) is 12.7. The van der Waals surface area contributed by atoms with E-state index in [1.807, 2.05) is 19.2 Å². The Morgan fingerprint density at radius 1 is 1.19 bits per heavy atom. The predicted octanol–water partition coefficient (Wildman–Crippen LogP) is -1.38. The van der Waals surface area contributed by atoms with Crippen molar-refractivity contribution < 1.29 is 14.4 Å². The van der Waals surface area contributed by atoms with Crippen molar-refractivity contribution in [3.05, 3.63) is 0 Å². The van der Waals surface area contributed by atoms with Crippen molar-refractivity contribution in [2.24, 2.45) is 17.4 Å². The van der Waals surface area contributed by atoms with Gasteiger partial charge < -0.3 is 11.5 Å². The van der Waals surface area contributed by atoms with E-state index < -0.39 is 17.8 Å². The Kier molecular flexibility index (Phi) is 6.09. The van der Waals surface area contributed by atoms with Crippen LogP contribution in [0.1, 0.15) is 13.8 Å². The maximum absolute atomic E-state index is 11.2. The molecule has 5 N–H and O–H groups in total. The fourth-order valence-electron chi connectivity index (χ4n) is 1.30. The van der Waals surface area contributed by atoms with Crippen molar-refractivity contribution in [1.82, 2.24) is 10.2 Å². The summed E-state index contributed by atoms with van der Waals surface area (Å²) in [5.41, 5.74) is 9.83. The van der Waals surface area contributed by atoms with E-state index in [1.54, 1.807) is 4.90 Å². The number of hydrogen-bond acceptors (Lipinski definition) is 4. The van der Waals surface area contributed by atoms with Crippen molar-refractivity contribution in [3.8, 4) is 0 Å². The minimum atomic E-state index is -0.909. The molecule has 92 valence electrons. The number of imide groups is 1. The molecule has 0 aromatic rings. The Morgan fingerprint density at radius 2 is 1.75 bits per heavy atom. The number of rotatable bonds is 6. The number of nitrogens with two attached hydrogens (primary N) is 2. The standard InChI is InChI=1S/C9H18N4O3/c1-6(2)3-13(4-7(10)14)5-8(15)12-9(11)16/h6H,3-5H2,1-2H3,(H2,10,14)(H3,11,12,15,16). The fraction of sp³-hybridized carbons (Fsp3) is 0.667. The summed E-state index contributed by atoms with van der Waals surface area (Å²) in [6, 6.07) is -0.909. The SMILES string of the molecule is CC(C)CN(CC(N)=O)CC(=O)NC(N)=O. The molecular weight excluding hydrogens is 212 g/mol. The molecule has 0 aliphatic carbocycles. The van der Waals surface area contributed by atoms with Crippen LogP contribution in [0.5, 0.6) is 0 Å². The number of nitrogens with one attached hydrogen (secondary N) is 1. The van der Waals surface area contributed by atoms with Crippen LogP contribution in [0.4, 0.5) is 4.79 Å². The summed E-state index contributed by atoms with van der Waals surface area (Å²) >= 11 is 0. The van der Waals surface area contributed by atoms with Crippen LogP contribution in [0.25, 0.3) is 0 Å². The normalized spacial score (nSPS) is 10.5. The molecule has 7 nitrogen and oxygen atoms in total. The topological polar surface area (TPSA) is 119 Å². The quantitative estimate of drug-likeness (QED) is 0.521. The summed E-state index contributed by atoms with van der Waals surface area (Å²) in [6.45, 7) is 4.32. The average molecular weight is 230 g/mol. The lowest BCUT2D eigenvalue weighted by atomic mass is 10.2. The molecule has 0 unspecified atom stereocenters. The van der Waals surface area contributed by atoms with E-state index in [4.69, 9.17) is 11.5 Å². The third-order valence-electron chi connectivity index (χ3n) is 1.63. The first-order chi connectivity index (χ1) is 7.31. The van der Waals surface area contributed by atoms with E-state index in [9.17, 15) is 14.4 Å². The molecule has 0 bridgehead atoms. The van der Waals surface area contributed by atoms with E-state index in [0.29, 0.717) is 6.54 Å². The highest BCUT2D eigenvalue weighted by Gasteiger charge is 2.15. The van der Waals surface area contributed by atoms with Gasteiger partial charge in [-0.1, -0.05) is 13.8 Å². The molecule has 0 atom stereocenters. The number of nitrogens with zero attached hydrogens (tertiary/aromatic N) is 1. The van der Waals surface area contributed by atoms with Crippen LogP contribution in [0.3, 0.4) is 0 Å². The van der Waals surface area contributed by atoms with Crippen molar-refractivity contribution in [1.29, 1.82) is 0 Å². The van der Waals surface area contributed by atoms with Crippen LogP contribution >= 0.6 is 0 Å². The maximum Gasteiger partial charge on any atom is 0.318 e. The molecule has 16 heavy (non-hydrogen) atoms. The molecule has 0 spiro atoms. The predicted molar refractivity (Wildman–Crippen MR) is 58.2 cm³/mol. The number of carbonyl (C=O) groups excluding carboxylic acids is 3. The molecule has 0 aliphatic heterocycles. The molecule has 0 aromatic heterocycles. The molecule has 0 radical (unpaired) electrons. The number of carbonyl (C=O) groups is 3. The van der Waals surface area contributed by atoms with Gasteiger partial charge in [-0.3, -0.25) is 19.8 Å². The lowest BCUT2D eigenvalue weighted by Crippen LogP contribution is -2.45. The summed E-state index contributed by atoms with van der Waals surface area (Å²) in [5, 5.41) is 1.93. The van der Waals surface area contributed by atoms with Crippen LogP contribution < -0.4 is 16.8 Å². The van der Waals surface area contributed by atoms with Crippen LogP contribution in [-0.4, -0.2) is 42.4 Å². The maximum atomic E-state index is 11.2. The summed E-state index contributed by atoms with van der Waals surface area (Å²) in [7, 11) is 0. The molecule has 0 aliphatic rings. The Balaban J connectivity index is 4.24. The molecule has 7 heteroatoms. The third-order valence-corrected chi connectivity index (χ3v) is 1.63. The minimum absolute atomic E-state index is 0.0235. The zero-order valence-corrected chi connectivity index (χ0v) is 9.53. The van der Waals surface area contributed by atoms with Crippen LogP contribution in [0.15, 0.2) is 0 Å². The lowest BCUT2D eigenvalue weighted by Gasteiger charge is -2.21. The zero-order valence-electron chi connectivity index (χ0n) is 9.53. The van der Waals surface area contributed by atoms with E-state index in [0.717, 1.165) is 0 Å². The number of primary amides is 2. The Bertz CT molecular complexity index is 278. The van der Waals surface area contributed by atoms with Crippen molar-refractivity contribution in [3.63, 3.8) is 0 Å². The third kappa shape index (κ3) is 7.74. The smallest absolute Gasteiger partial charge is 0.318 e. The van der Waals surface area contributed by atoms with Gasteiger partial charge in [-0.15, -0.1) is 0 Å². The molecule has 0 saturated carbocycles. The first-order valence-electron chi connectivity index (χ1n) is 4.91. The summed E-state index contributed by atoms with van der Waals surface area (Å²) in [4.78, 5) is 33.9. The second-order valence-electron chi connectivity index (χ2n) is 3.94. The molecule has 4 amide bonds. The van der Waals surface area contributed by atoms with Crippen molar-refractivity contribution in [2.45, 2.75) is 13.8 Å². The number of amides is 4. The summed E-state index contributed by atoms with van der Waals surface area (Å²) in [5.74, 6) is -0.789. The Hall–Kier alpha value is -1.63. The second-order valence-corrected chi connectivity index (χ2v) is 3.94. The highest BCUT2D eigenvalue weighted by Crippen LogP contribution is 1.97. The molecule has 0 fully saturated rings. The lowest BCUT2D eigenvalue weighted by molar-refractivity contribution is -0.123. The first-order valence-corrected chi connectivity index (χ1v) is 4.91. The van der Waals surface area contributed by atoms with Gasteiger partial charge in [-0.05, 0) is 5.92 Å². The number of hydrogen-bond donors (Lipinski definition) is 3. The first kappa shape index (κ1) is 14.4. The van der Waals surface area contributed by atoms with Gasteiger partial charge in [-0.2, -0.15) is 0 Å². The van der Waals surface area contributed by atoms with Crippen LogP contribution in [-0.2, 0) is 9.59 Å². The van der Waals surface area contributed by atoms with E-state index in [1.165, 1.54) is 0 Å². The number of urea groups is 1. The summed E-state index contributed by atoms with van der Waals surface area (Å²) < 4.78 is 0. The molecular formula is C9H18N4O3. The van der Waals surface area contributed by atoms with Gasteiger partial charge in [0.15, 0.2) is 0 Å². The van der Waals surface area contributed by atoms with Crippen LogP contribution in [0.2, 0.25) is 0 Å². The highest BCUT2D eigenvalue weighted by molar-refractivity contribution is 5.94. The molecule has 0 saturated heterocycles. The van der Waals surface area contributed by atoms with Gasteiger partial charge in [0.05, 0.1) is 13.1 Å². The Morgan fingerprint density at radius 3 is 2.12 bits per heavy atom. The van der Waals surface area contributed by atoms with E-state index in [2.05, 4.69) is 0 Å². The monoisotopic (exact) mass is 230 g/mol.